The Morgan fingerprint density at radius 3 is 2.66 bits per heavy atom. The van der Waals surface area contributed by atoms with Crippen molar-refractivity contribution in [2.24, 2.45) is 5.41 Å². The largest absolute Gasteiger partial charge is 0.496 e. The van der Waals surface area contributed by atoms with Crippen LogP contribution in [0.25, 0.3) is 11.1 Å². The molecule has 0 radical (unpaired) electrons. The van der Waals surface area contributed by atoms with Gasteiger partial charge in [-0.2, -0.15) is 0 Å². The molecule has 1 amide bonds. The number of benzene rings is 2. The Kier molecular flexibility index (Phi) is 5.41. The lowest BCUT2D eigenvalue weighted by Gasteiger charge is -2.35. The van der Waals surface area contributed by atoms with Crippen LogP contribution in [0.3, 0.4) is 0 Å². The quantitative estimate of drug-likeness (QED) is 0.756. The lowest BCUT2D eigenvalue weighted by Crippen LogP contribution is -2.45. The fourth-order valence-electron chi connectivity index (χ4n) is 5.56. The molecule has 2 saturated heterocycles. The summed E-state index contributed by atoms with van der Waals surface area (Å²) in [6.45, 7) is 2.36. The molecule has 5 rings (SSSR count). The van der Waals surface area contributed by atoms with Crippen LogP contribution in [-0.4, -0.2) is 54.8 Å². The molecule has 2 aromatic rings. The first-order valence-electron chi connectivity index (χ1n) is 11.4. The van der Waals surface area contributed by atoms with Gasteiger partial charge in [0.25, 0.3) is 5.91 Å². The highest BCUT2D eigenvalue weighted by Crippen LogP contribution is 2.63. The van der Waals surface area contributed by atoms with Crippen LogP contribution in [0.1, 0.15) is 53.9 Å². The fraction of sp³-hybridized carbons (Fsp3) is 0.462. The number of amides is 1. The molecule has 0 unspecified atom stereocenters. The maximum absolute atomic E-state index is 12.8. The standard InChI is InChI=1S/C26H29NO5/c1-31-22-10-9-19(25(29)30)14-20(22)17-5-7-18(8-6-17)21-15-26(21)11-3-12-27(16-26)24(28)23-4-2-13-32-23/h5-10,14,21,23H,2-4,11-13,15-16H2,1H3,(H,29,30)/t21-,23-,26+/m1/s1. The lowest BCUT2D eigenvalue weighted by molar-refractivity contribution is -0.143. The highest BCUT2D eigenvalue weighted by Gasteiger charge is 2.56. The first-order valence-corrected chi connectivity index (χ1v) is 11.4. The van der Waals surface area contributed by atoms with Crippen LogP contribution in [0.15, 0.2) is 42.5 Å². The summed E-state index contributed by atoms with van der Waals surface area (Å²) in [4.78, 5) is 26.3. The van der Waals surface area contributed by atoms with Crippen LogP contribution >= 0.6 is 0 Å². The van der Waals surface area contributed by atoms with Crippen LogP contribution in [0.5, 0.6) is 5.75 Å². The van der Waals surface area contributed by atoms with E-state index in [4.69, 9.17) is 9.47 Å². The summed E-state index contributed by atoms with van der Waals surface area (Å²) < 4.78 is 11.1. The normalized spacial score (nSPS) is 26.8. The van der Waals surface area contributed by atoms with Gasteiger partial charge in [-0.15, -0.1) is 0 Å². The molecule has 0 aromatic heterocycles. The highest BCUT2D eigenvalue weighted by molar-refractivity contribution is 5.90. The van der Waals surface area contributed by atoms with Gasteiger partial charge in [0.2, 0.25) is 0 Å². The van der Waals surface area contributed by atoms with E-state index < -0.39 is 5.97 Å². The van der Waals surface area contributed by atoms with Gasteiger partial charge in [0, 0.05) is 25.3 Å². The Balaban J connectivity index is 1.32. The summed E-state index contributed by atoms with van der Waals surface area (Å²) in [5, 5.41) is 9.34. The van der Waals surface area contributed by atoms with E-state index in [-0.39, 0.29) is 23.0 Å². The minimum atomic E-state index is -0.954. The van der Waals surface area contributed by atoms with Crippen molar-refractivity contribution >= 4 is 11.9 Å². The smallest absolute Gasteiger partial charge is 0.335 e. The van der Waals surface area contributed by atoms with Gasteiger partial charge in [-0.3, -0.25) is 4.79 Å². The van der Waals surface area contributed by atoms with E-state index >= 15 is 0 Å². The zero-order valence-corrected chi connectivity index (χ0v) is 18.4. The third-order valence-electron chi connectivity index (χ3n) is 7.39. The second-order valence-corrected chi connectivity index (χ2v) is 9.33. The van der Waals surface area contributed by atoms with Crippen molar-refractivity contribution in [3.8, 4) is 16.9 Å². The molecule has 0 bridgehead atoms. The van der Waals surface area contributed by atoms with Crippen LogP contribution in [0.2, 0.25) is 0 Å². The van der Waals surface area contributed by atoms with Crippen LogP contribution in [0, 0.1) is 5.41 Å². The summed E-state index contributed by atoms with van der Waals surface area (Å²) in [6, 6.07) is 13.3. The Labute approximate surface area is 188 Å². The van der Waals surface area contributed by atoms with Gasteiger partial charge in [-0.1, -0.05) is 24.3 Å². The summed E-state index contributed by atoms with van der Waals surface area (Å²) in [6.07, 6.45) is 4.90. The van der Waals surface area contributed by atoms with Crippen LogP contribution in [-0.2, 0) is 9.53 Å². The number of piperidine rings is 1. The minimum absolute atomic E-state index is 0.174. The van der Waals surface area contributed by atoms with Crippen LogP contribution < -0.4 is 4.74 Å². The number of carbonyl (C=O) groups is 2. The molecule has 1 saturated carbocycles. The predicted octanol–water partition coefficient (Wildman–Crippen LogP) is 4.34. The molecule has 2 heterocycles. The van der Waals surface area contributed by atoms with Gasteiger partial charge >= 0.3 is 5.97 Å². The first kappa shape index (κ1) is 21.0. The lowest BCUT2D eigenvalue weighted by atomic mass is 9.89. The molecule has 2 aromatic carbocycles. The maximum atomic E-state index is 12.8. The topological polar surface area (TPSA) is 76.1 Å². The van der Waals surface area contributed by atoms with Gasteiger partial charge < -0.3 is 19.5 Å². The van der Waals surface area contributed by atoms with Crippen molar-refractivity contribution in [2.75, 3.05) is 26.8 Å². The van der Waals surface area contributed by atoms with Crippen molar-refractivity contribution in [3.05, 3.63) is 53.6 Å². The number of hydrogen-bond acceptors (Lipinski definition) is 4. The van der Waals surface area contributed by atoms with Crippen molar-refractivity contribution in [2.45, 2.75) is 44.1 Å². The minimum Gasteiger partial charge on any atom is -0.496 e. The van der Waals surface area contributed by atoms with E-state index in [0.29, 0.717) is 18.3 Å². The summed E-state index contributed by atoms with van der Waals surface area (Å²) >= 11 is 0. The molecular weight excluding hydrogens is 406 g/mol. The second-order valence-electron chi connectivity index (χ2n) is 9.33. The molecule has 32 heavy (non-hydrogen) atoms. The number of methoxy groups -OCH3 is 1. The van der Waals surface area contributed by atoms with Crippen molar-refractivity contribution in [3.63, 3.8) is 0 Å². The van der Waals surface area contributed by atoms with E-state index in [2.05, 4.69) is 12.1 Å². The van der Waals surface area contributed by atoms with Crippen molar-refractivity contribution in [1.29, 1.82) is 0 Å². The van der Waals surface area contributed by atoms with E-state index in [9.17, 15) is 14.7 Å². The molecular formula is C26H29NO5. The number of ether oxygens (including phenoxy) is 2. The number of hydrogen-bond donors (Lipinski definition) is 1. The molecule has 1 N–H and O–H groups in total. The highest BCUT2D eigenvalue weighted by atomic mass is 16.5. The number of carboxylic acids is 1. The number of carbonyl (C=O) groups excluding carboxylic acids is 1. The predicted molar refractivity (Wildman–Crippen MR) is 120 cm³/mol. The molecule has 3 aliphatic rings. The van der Waals surface area contributed by atoms with Gasteiger partial charge in [0.1, 0.15) is 11.9 Å². The number of likely N-dealkylation sites (tertiary alicyclic amines) is 1. The number of nitrogens with zero attached hydrogens (tertiary/aromatic N) is 1. The number of rotatable bonds is 5. The third-order valence-corrected chi connectivity index (χ3v) is 7.39. The molecule has 2 aliphatic heterocycles. The second kappa shape index (κ2) is 8.24. The van der Waals surface area contributed by atoms with Gasteiger partial charge in [0.15, 0.2) is 0 Å². The monoisotopic (exact) mass is 435 g/mol. The Hall–Kier alpha value is -2.86. The zero-order valence-electron chi connectivity index (χ0n) is 18.4. The van der Waals surface area contributed by atoms with Crippen molar-refractivity contribution < 1.29 is 24.2 Å². The Morgan fingerprint density at radius 1 is 1.16 bits per heavy atom. The van der Waals surface area contributed by atoms with Crippen molar-refractivity contribution in [1.82, 2.24) is 4.90 Å². The zero-order chi connectivity index (χ0) is 22.3. The summed E-state index contributed by atoms with van der Waals surface area (Å²) in [5.41, 5.74) is 3.42. The molecule has 3 fully saturated rings. The van der Waals surface area contributed by atoms with E-state index in [1.165, 1.54) is 5.56 Å². The molecule has 6 heteroatoms. The molecule has 168 valence electrons. The van der Waals surface area contributed by atoms with Gasteiger partial charge in [-0.05, 0) is 72.8 Å². The Bertz CT molecular complexity index is 1030. The summed E-state index contributed by atoms with van der Waals surface area (Å²) in [5.74, 6) is 0.336. The van der Waals surface area contributed by atoms with E-state index in [1.54, 1.807) is 25.3 Å². The van der Waals surface area contributed by atoms with E-state index in [0.717, 1.165) is 56.3 Å². The van der Waals surface area contributed by atoms with E-state index in [1.807, 2.05) is 17.0 Å². The first-order chi connectivity index (χ1) is 15.5. The summed E-state index contributed by atoms with van der Waals surface area (Å²) in [7, 11) is 1.59. The van der Waals surface area contributed by atoms with Crippen LogP contribution in [0.4, 0.5) is 0 Å². The maximum Gasteiger partial charge on any atom is 0.335 e. The molecule has 1 aliphatic carbocycles. The SMILES string of the molecule is COc1ccc(C(=O)O)cc1-c1ccc([C@H]2C[C@]23CCCN(C(=O)[C@H]2CCCO2)C3)cc1. The van der Waals surface area contributed by atoms with Gasteiger partial charge in [-0.25, -0.2) is 4.79 Å². The fourth-order valence-corrected chi connectivity index (χ4v) is 5.56. The van der Waals surface area contributed by atoms with Gasteiger partial charge in [0.05, 0.1) is 12.7 Å². The molecule has 1 spiro atoms. The average molecular weight is 436 g/mol. The number of carboxylic acid groups (broad SMARTS) is 1. The molecule has 6 nitrogen and oxygen atoms in total. The third kappa shape index (κ3) is 3.77. The average Bonchev–Trinajstić information content (AvgIpc) is 3.23. The number of aromatic carboxylic acids is 1. The molecule has 3 atom stereocenters. The Morgan fingerprint density at radius 2 is 1.97 bits per heavy atom.